The Hall–Kier alpha value is -2.94. The number of aliphatic imine (C=N–C) groups is 1. The standard InChI is InChI=1S/C20H32N6O3/c1-8-21-20(22-12-16(25(2)3)14-11-23-26(4)13-14)24-15-9-17(27-5)19(29-7)18(10-15)28-6/h9-11,13,16H,8,12H2,1-7H3,(H2,21,22,24). The summed E-state index contributed by atoms with van der Waals surface area (Å²) in [5, 5.41) is 10.9. The third-order valence-corrected chi connectivity index (χ3v) is 4.43. The summed E-state index contributed by atoms with van der Waals surface area (Å²) in [5.41, 5.74) is 1.90. The van der Waals surface area contributed by atoms with Crippen LogP contribution in [0.25, 0.3) is 0 Å². The number of nitrogens with one attached hydrogen (secondary N) is 2. The van der Waals surface area contributed by atoms with Crippen molar-refractivity contribution in [2.24, 2.45) is 12.0 Å². The first-order chi connectivity index (χ1) is 13.9. The summed E-state index contributed by atoms with van der Waals surface area (Å²) in [6.07, 6.45) is 3.89. The Balaban J connectivity index is 2.26. The second-order valence-corrected chi connectivity index (χ2v) is 6.69. The molecule has 2 aromatic rings. The molecule has 2 rings (SSSR count). The summed E-state index contributed by atoms with van der Waals surface area (Å²) < 4.78 is 18.0. The minimum absolute atomic E-state index is 0.110. The minimum Gasteiger partial charge on any atom is -0.493 e. The SMILES string of the molecule is CCNC(=NCC(c1cnn(C)c1)N(C)C)Nc1cc(OC)c(OC)c(OC)c1. The van der Waals surface area contributed by atoms with E-state index in [-0.39, 0.29) is 6.04 Å². The van der Waals surface area contributed by atoms with Crippen molar-refractivity contribution in [3.8, 4) is 17.2 Å². The lowest BCUT2D eigenvalue weighted by Gasteiger charge is -2.22. The summed E-state index contributed by atoms with van der Waals surface area (Å²) in [7, 11) is 10.7. The van der Waals surface area contributed by atoms with Crippen molar-refractivity contribution in [3.05, 3.63) is 30.1 Å². The number of benzene rings is 1. The van der Waals surface area contributed by atoms with E-state index in [1.807, 2.05) is 52.6 Å². The van der Waals surface area contributed by atoms with Gasteiger partial charge in [0.1, 0.15) is 0 Å². The van der Waals surface area contributed by atoms with Gasteiger partial charge in [-0.25, -0.2) is 0 Å². The number of aromatic nitrogens is 2. The van der Waals surface area contributed by atoms with Crippen LogP contribution in [0.3, 0.4) is 0 Å². The average Bonchev–Trinajstić information content (AvgIpc) is 3.12. The largest absolute Gasteiger partial charge is 0.493 e. The van der Waals surface area contributed by atoms with Gasteiger partial charge in [0.15, 0.2) is 17.5 Å². The van der Waals surface area contributed by atoms with E-state index in [1.54, 1.807) is 26.0 Å². The van der Waals surface area contributed by atoms with E-state index in [9.17, 15) is 0 Å². The number of aryl methyl sites for hydroxylation is 1. The maximum absolute atomic E-state index is 5.43. The molecule has 1 aromatic heterocycles. The third kappa shape index (κ3) is 5.77. The molecular weight excluding hydrogens is 372 g/mol. The Morgan fingerprint density at radius 1 is 1.17 bits per heavy atom. The van der Waals surface area contributed by atoms with E-state index < -0.39 is 0 Å². The highest BCUT2D eigenvalue weighted by Gasteiger charge is 2.17. The molecule has 9 nitrogen and oxygen atoms in total. The molecule has 0 saturated heterocycles. The number of anilines is 1. The predicted octanol–water partition coefficient (Wildman–Crippen LogP) is 2.13. The molecular formula is C20H32N6O3. The minimum atomic E-state index is 0.110. The van der Waals surface area contributed by atoms with Crippen LogP contribution in [-0.4, -0.2) is 69.2 Å². The van der Waals surface area contributed by atoms with E-state index in [4.69, 9.17) is 19.2 Å². The molecule has 160 valence electrons. The highest BCUT2D eigenvalue weighted by atomic mass is 16.5. The summed E-state index contributed by atoms with van der Waals surface area (Å²) in [5.74, 6) is 2.36. The van der Waals surface area contributed by atoms with Gasteiger partial charge in [-0.1, -0.05) is 0 Å². The van der Waals surface area contributed by atoms with Crippen molar-refractivity contribution in [3.63, 3.8) is 0 Å². The maximum Gasteiger partial charge on any atom is 0.203 e. The van der Waals surface area contributed by atoms with Gasteiger partial charge in [0.25, 0.3) is 0 Å². The van der Waals surface area contributed by atoms with E-state index in [2.05, 4.69) is 20.6 Å². The first-order valence-corrected chi connectivity index (χ1v) is 9.43. The van der Waals surface area contributed by atoms with Crippen LogP contribution in [0, 0.1) is 0 Å². The molecule has 0 amide bonds. The Bertz CT molecular complexity index is 793. The Morgan fingerprint density at radius 2 is 1.83 bits per heavy atom. The van der Waals surface area contributed by atoms with Gasteiger partial charge in [-0.3, -0.25) is 9.67 Å². The molecule has 0 fully saturated rings. The zero-order valence-corrected chi connectivity index (χ0v) is 18.3. The van der Waals surface area contributed by atoms with Gasteiger partial charge in [0, 0.05) is 43.2 Å². The van der Waals surface area contributed by atoms with Gasteiger partial charge in [-0.2, -0.15) is 5.10 Å². The van der Waals surface area contributed by atoms with Crippen LogP contribution in [0.2, 0.25) is 0 Å². The van der Waals surface area contributed by atoms with E-state index in [1.165, 1.54) is 0 Å². The smallest absolute Gasteiger partial charge is 0.203 e. The van der Waals surface area contributed by atoms with Crippen molar-refractivity contribution in [2.45, 2.75) is 13.0 Å². The summed E-state index contributed by atoms with van der Waals surface area (Å²) in [6.45, 7) is 3.32. The monoisotopic (exact) mass is 404 g/mol. The Labute approximate surface area is 172 Å². The quantitative estimate of drug-likeness (QED) is 0.489. The van der Waals surface area contributed by atoms with Crippen LogP contribution in [0.1, 0.15) is 18.5 Å². The van der Waals surface area contributed by atoms with Crippen LogP contribution in [0.4, 0.5) is 5.69 Å². The van der Waals surface area contributed by atoms with E-state index >= 15 is 0 Å². The summed E-state index contributed by atoms with van der Waals surface area (Å²) >= 11 is 0. The van der Waals surface area contributed by atoms with Crippen LogP contribution in [0.5, 0.6) is 17.2 Å². The molecule has 0 bridgehead atoms. The van der Waals surface area contributed by atoms with Crippen molar-refractivity contribution < 1.29 is 14.2 Å². The molecule has 1 heterocycles. The first-order valence-electron chi connectivity index (χ1n) is 9.43. The van der Waals surface area contributed by atoms with E-state index in [0.717, 1.165) is 17.8 Å². The number of nitrogens with zero attached hydrogens (tertiary/aromatic N) is 4. The molecule has 0 aliphatic carbocycles. The van der Waals surface area contributed by atoms with Crippen molar-refractivity contribution in [1.29, 1.82) is 0 Å². The topological polar surface area (TPSA) is 85.2 Å². The average molecular weight is 405 g/mol. The molecule has 29 heavy (non-hydrogen) atoms. The van der Waals surface area contributed by atoms with Gasteiger partial charge in [0.2, 0.25) is 5.75 Å². The fourth-order valence-electron chi connectivity index (χ4n) is 2.95. The van der Waals surface area contributed by atoms with Crippen molar-refractivity contribution in [1.82, 2.24) is 20.0 Å². The van der Waals surface area contributed by atoms with Gasteiger partial charge >= 0.3 is 0 Å². The molecule has 0 aliphatic rings. The Kier molecular flexibility index (Phi) is 8.14. The molecule has 0 saturated carbocycles. The lowest BCUT2D eigenvalue weighted by Crippen LogP contribution is -2.32. The highest BCUT2D eigenvalue weighted by molar-refractivity contribution is 5.94. The number of guanidine groups is 1. The molecule has 0 radical (unpaired) electrons. The van der Waals surface area contributed by atoms with Crippen LogP contribution < -0.4 is 24.8 Å². The number of rotatable bonds is 9. The van der Waals surface area contributed by atoms with Crippen LogP contribution in [0.15, 0.2) is 29.5 Å². The number of ether oxygens (including phenoxy) is 3. The molecule has 1 aromatic carbocycles. The van der Waals surface area contributed by atoms with E-state index in [0.29, 0.717) is 29.8 Å². The highest BCUT2D eigenvalue weighted by Crippen LogP contribution is 2.39. The third-order valence-electron chi connectivity index (χ3n) is 4.43. The normalized spacial score (nSPS) is 12.6. The lowest BCUT2D eigenvalue weighted by molar-refractivity contribution is 0.306. The number of methoxy groups -OCH3 is 3. The molecule has 9 heteroatoms. The molecule has 1 unspecified atom stereocenters. The zero-order chi connectivity index (χ0) is 21.4. The number of likely N-dealkylation sites (N-methyl/N-ethyl adjacent to an activating group) is 1. The van der Waals surface area contributed by atoms with Gasteiger partial charge < -0.3 is 29.7 Å². The number of hydrogen-bond donors (Lipinski definition) is 2. The fraction of sp³-hybridized carbons (Fsp3) is 0.500. The van der Waals surface area contributed by atoms with Crippen molar-refractivity contribution >= 4 is 11.6 Å². The van der Waals surface area contributed by atoms with Crippen LogP contribution >= 0.6 is 0 Å². The fourth-order valence-corrected chi connectivity index (χ4v) is 2.95. The van der Waals surface area contributed by atoms with Crippen LogP contribution in [-0.2, 0) is 7.05 Å². The summed E-state index contributed by atoms with van der Waals surface area (Å²) in [6, 6.07) is 3.80. The van der Waals surface area contributed by atoms with Gasteiger partial charge in [0.05, 0.1) is 40.1 Å². The van der Waals surface area contributed by atoms with Crippen molar-refractivity contribution in [2.75, 3.05) is 53.8 Å². The molecule has 2 N–H and O–H groups in total. The predicted molar refractivity (Wildman–Crippen MR) is 115 cm³/mol. The second-order valence-electron chi connectivity index (χ2n) is 6.69. The second kappa shape index (κ2) is 10.6. The summed E-state index contributed by atoms with van der Waals surface area (Å²) in [4.78, 5) is 6.90. The van der Waals surface area contributed by atoms with Gasteiger partial charge in [-0.15, -0.1) is 0 Å². The maximum atomic E-state index is 5.43. The first kappa shape index (κ1) is 22.4. The number of hydrogen-bond acceptors (Lipinski definition) is 6. The zero-order valence-electron chi connectivity index (χ0n) is 18.3. The Morgan fingerprint density at radius 3 is 2.28 bits per heavy atom. The lowest BCUT2D eigenvalue weighted by atomic mass is 10.1. The van der Waals surface area contributed by atoms with Gasteiger partial charge in [-0.05, 0) is 21.0 Å². The molecule has 0 spiro atoms. The molecule has 0 aliphatic heterocycles. The molecule has 1 atom stereocenters.